The Balaban J connectivity index is 1.27. The minimum atomic E-state index is -0.722. The van der Waals surface area contributed by atoms with Gasteiger partial charge in [-0.15, -0.1) is 0 Å². The summed E-state index contributed by atoms with van der Waals surface area (Å²) in [7, 11) is 5.24. The number of likely N-dealkylation sites (N-methyl/N-ethyl adjacent to an activating group) is 1. The first-order valence-electron chi connectivity index (χ1n) is 10.8. The summed E-state index contributed by atoms with van der Waals surface area (Å²) in [5.74, 6) is -0.821. The summed E-state index contributed by atoms with van der Waals surface area (Å²) in [6.45, 7) is 1.01. The van der Waals surface area contributed by atoms with Crippen molar-refractivity contribution in [2.75, 3.05) is 13.6 Å². The van der Waals surface area contributed by atoms with Gasteiger partial charge in [-0.25, -0.2) is 9.59 Å². The summed E-state index contributed by atoms with van der Waals surface area (Å²) in [6.07, 6.45) is 1.09. The van der Waals surface area contributed by atoms with Gasteiger partial charge in [0.25, 0.3) is 0 Å². The van der Waals surface area contributed by atoms with E-state index in [-0.39, 0.29) is 0 Å². The van der Waals surface area contributed by atoms with Gasteiger partial charge < -0.3 is 13.9 Å². The predicted molar refractivity (Wildman–Crippen MR) is 127 cm³/mol. The third-order valence-electron chi connectivity index (χ3n) is 6.05. The Morgan fingerprint density at radius 2 is 1.59 bits per heavy atom. The van der Waals surface area contributed by atoms with E-state index in [2.05, 4.69) is 4.98 Å². The van der Waals surface area contributed by atoms with Crippen molar-refractivity contribution in [3.8, 4) is 11.3 Å². The first-order valence-corrected chi connectivity index (χ1v) is 10.8. The molecule has 0 bridgehead atoms. The third-order valence-corrected chi connectivity index (χ3v) is 6.05. The highest BCUT2D eigenvalue weighted by molar-refractivity contribution is 5.79. The Morgan fingerprint density at radius 1 is 0.941 bits per heavy atom. The summed E-state index contributed by atoms with van der Waals surface area (Å²) in [5, 5.41) is 10.7. The van der Waals surface area contributed by atoms with Crippen LogP contribution in [0.4, 0.5) is 0 Å². The van der Waals surface area contributed by atoms with Crippen LogP contribution in [0.15, 0.2) is 73.2 Å². The Labute approximate surface area is 194 Å². The van der Waals surface area contributed by atoms with Crippen molar-refractivity contribution < 1.29 is 13.9 Å². The topological polar surface area (TPSA) is 107 Å². The molecule has 1 unspecified atom stereocenters. The average Bonchev–Trinajstić information content (AvgIpc) is 3.28. The molecule has 1 atom stereocenters. The molecule has 3 aromatic heterocycles. The lowest BCUT2D eigenvalue weighted by Crippen LogP contribution is -2.24. The molecule has 0 aliphatic carbocycles. The fourth-order valence-electron chi connectivity index (χ4n) is 4.10. The number of pyridine rings is 1. The van der Waals surface area contributed by atoms with E-state index >= 15 is 0 Å². The number of aliphatic hydroxyl groups excluding tert-OH is 1. The maximum atomic E-state index is 11.7. The molecular weight excluding hydrogens is 436 g/mol. The van der Waals surface area contributed by atoms with Gasteiger partial charge in [0.05, 0.1) is 22.8 Å². The predicted octanol–water partition coefficient (Wildman–Crippen LogP) is 2.80. The zero-order valence-electron chi connectivity index (χ0n) is 19.1. The van der Waals surface area contributed by atoms with Gasteiger partial charge in [0, 0.05) is 38.9 Å². The van der Waals surface area contributed by atoms with Gasteiger partial charge in [0.2, 0.25) is 0 Å². The number of fused-ring (bicyclic) bond motifs is 2. The number of hydrogen-bond acceptors (Lipinski definition) is 7. The van der Waals surface area contributed by atoms with Crippen LogP contribution in [0.2, 0.25) is 0 Å². The smallest absolute Gasteiger partial charge is 0.408 e. The molecule has 0 aliphatic heterocycles. The monoisotopic (exact) mass is 460 g/mol. The number of aliphatic hydroxyl groups is 1. The van der Waals surface area contributed by atoms with Crippen LogP contribution in [0.5, 0.6) is 0 Å². The van der Waals surface area contributed by atoms with Crippen molar-refractivity contribution in [3.05, 3.63) is 87.0 Å². The van der Waals surface area contributed by atoms with Crippen molar-refractivity contribution in [2.24, 2.45) is 14.1 Å². The number of benzene rings is 2. The normalized spacial score (nSPS) is 12.7. The van der Waals surface area contributed by atoms with Crippen LogP contribution >= 0.6 is 0 Å². The summed E-state index contributed by atoms with van der Waals surface area (Å²) >= 11 is 0. The highest BCUT2D eigenvalue weighted by Gasteiger charge is 2.15. The Hall–Kier alpha value is -3.95. The summed E-state index contributed by atoms with van der Waals surface area (Å²) < 4.78 is 13.2. The molecule has 5 rings (SSSR count). The Kier molecular flexibility index (Phi) is 5.43. The fraction of sp³-hybridized carbons (Fsp3) is 0.240. The van der Waals surface area contributed by atoms with Gasteiger partial charge in [-0.3, -0.25) is 19.0 Å². The minimum Gasteiger partial charge on any atom is -0.408 e. The van der Waals surface area contributed by atoms with Crippen molar-refractivity contribution in [1.82, 2.24) is 19.0 Å². The SMILES string of the molecule is CN(Cc1ccc(-c2ccc3oc(=O)n(C)c3c2)nc1)CC(O)c1ccc2oc(=O)n(C)c2c1. The van der Waals surface area contributed by atoms with Crippen LogP contribution in [0, 0.1) is 0 Å². The molecular formula is C25H24N4O5. The largest absolute Gasteiger partial charge is 0.419 e. The lowest BCUT2D eigenvalue weighted by atomic mass is 10.1. The van der Waals surface area contributed by atoms with E-state index < -0.39 is 17.6 Å². The van der Waals surface area contributed by atoms with Crippen LogP contribution < -0.4 is 11.5 Å². The van der Waals surface area contributed by atoms with Gasteiger partial charge in [-0.2, -0.15) is 0 Å². The summed E-state index contributed by atoms with van der Waals surface area (Å²) in [4.78, 5) is 30.0. The van der Waals surface area contributed by atoms with Crippen molar-refractivity contribution in [2.45, 2.75) is 12.6 Å². The molecule has 9 heteroatoms. The molecule has 0 amide bonds. The summed E-state index contributed by atoms with van der Waals surface area (Å²) in [5.41, 5.74) is 5.81. The van der Waals surface area contributed by atoms with Crippen molar-refractivity contribution >= 4 is 22.2 Å². The molecule has 5 aromatic rings. The maximum Gasteiger partial charge on any atom is 0.419 e. The Morgan fingerprint density at radius 3 is 2.24 bits per heavy atom. The number of rotatable bonds is 6. The van der Waals surface area contributed by atoms with Crippen LogP contribution in [-0.4, -0.2) is 37.7 Å². The van der Waals surface area contributed by atoms with Crippen LogP contribution in [0.1, 0.15) is 17.2 Å². The minimum absolute atomic E-state index is 0.394. The van der Waals surface area contributed by atoms with Gasteiger partial charge >= 0.3 is 11.5 Å². The van der Waals surface area contributed by atoms with Crippen molar-refractivity contribution in [1.29, 1.82) is 0 Å². The van der Waals surface area contributed by atoms with Gasteiger partial charge in [-0.05, 0) is 54.6 Å². The number of nitrogens with zero attached hydrogens (tertiary/aromatic N) is 4. The number of hydrogen-bond donors (Lipinski definition) is 1. The first-order chi connectivity index (χ1) is 16.3. The zero-order valence-corrected chi connectivity index (χ0v) is 19.1. The van der Waals surface area contributed by atoms with E-state index in [0.717, 1.165) is 22.3 Å². The fourth-order valence-corrected chi connectivity index (χ4v) is 4.10. The maximum absolute atomic E-state index is 11.7. The second kappa shape index (κ2) is 8.44. The second-order valence-corrected chi connectivity index (χ2v) is 8.53. The highest BCUT2D eigenvalue weighted by atomic mass is 16.4. The molecule has 0 saturated carbocycles. The average molecular weight is 460 g/mol. The number of aryl methyl sites for hydroxylation is 2. The second-order valence-electron chi connectivity index (χ2n) is 8.53. The van der Waals surface area contributed by atoms with E-state index in [1.54, 1.807) is 38.4 Å². The van der Waals surface area contributed by atoms with Crippen LogP contribution in [0.3, 0.4) is 0 Å². The van der Waals surface area contributed by atoms with Crippen molar-refractivity contribution in [3.63, 3.8) is 0 Å². The Bertz CT molecular complexity index is 1610. The molecule has 0 radical (unpaired) electrons. The number of oxazole rings is 2. The summed E-state index contributed by atoms with van der Waals surface area (Å²) in [6, 6.07) is 14.7. The van der Waals surface area contributed by atoms with Gasteiger partial charge in [-0.1, -0.05) is 12.1 Å². The molecule has 1 N–H and O–H groups in total. The lowest BCUT2D eigenvalue weighted by molar-refractivity contribution is 0.124. The molecule has 0 saturated heterocycles. The van der Waals surface area contributed by atoms with E-state index in [9.17, 15) is 14.7 Å². The van der Waals surface area contributed by atoms with E-state index in [1.807, 2.05) is 42.4 Å². The van der Waals surface area contributed by atoms with E-state index in [0.29, 0.717) is 35.3 Å². The first kappa shape index (κ1) is 21.9. The molecule has 2 aromatic carbocycles. The molecule has 34 heavy (non-hydrogen) atoms. The van der Waals surface area contributed by atoms with Gasteiger partial charge in [0.15, 0.2) is 11.2 Å². The zero-order chi connectivity index (χ0) is 24.0. The lowest BCUT2D eigenvalue weighted by Gasteiger charge is -2.21. The van der Waals surface area contributed by atoms with E-state index in [1.165, 1.54) is 9.13 Å². The molecule has 0 spiro atoms. The molecule has 3 heterocycles. The van der Waals surface area contributed by atoms with Gasteiger partial charge in [0.1, 0.15) is 0 Å². The molecule has 174 valence electrons. The quantitative estimate of drug-likeness (QED) is 0.415. The van der Waals surface area contributed by atoms with E-state index in [4.69, 9.17) is 8.83 Å². The number of aromatic nitrogens is 3. The highest BCUT2D eigenvalue weighted by Crippen LogP contribution is 2.23. The molecule has 9 nitrogen and oxygen atoms in total. The van der Waals surface area contributed by atoms with Crippen LogP contribution in [0.25, 0.3) is 33.5 Å². The molecule has 0 fully saturated rings. The standard InChI is InChI=1S/C25H24N4O5/c1-27(14-21(30)17-6-9-23-20(11-17)29(3)25(32)34-23)13-15-4-7-18(26-12-15)16-5-8-22-19(10-16)28(2)24(31)33-22/h4-12,21,30H,13-14H2,1-3H3. The molecule has 0 aliphatic rings. The van der Waals surface area contributed by atoms with Crippen LogP contribution in [-0.2, 0) is 20.6 Å². The third kappa shape index (κ3) is 3.95.